The highest BCUT2D eigenvalue weighted by Gasteiger charge is 2.20. The number of amides is 1. The Kier molecular flexibility index (Phi) is 7.74. The molecule has 1 aliphatic heterocycles. The summed E-state index contributed by atoms with van der Waals surface area (Å²) in [7, 11) is 0. The monoisotopic (exact) mass is 407 g/mol. The summed E-state index contributed by atoms with van der Waals surface area (Å²) in [5, 5.41) is 11.3. The second kappa shape index (κ2) is 10.7. The molecule has 6 heteroatoms. The molecule has 0 spiro atoms. The Labute approximate surface area is 178 Å². The maximum atomic E-state index is 13.2. The van der Waals surface area contributed by atoms with Crippen molar-refractivity contribution < 1.29 is 9.72 Å². The van der Waals surface area contributed by atoms with E-state index >= 15 is 0 Å². The van der Waals surface area contributed by atoms with Crippen LogP contribution in [0.25, 0.3) is 6.08 Å². The smallest absolute Gasteiger partial charge is 0.273 e. The number of hydrogen-bond donors (Lipinski definition) is 0. The van der Waals surface area contributed by atoms with Crippen molar-refractivity contribution in [3.8, 4) is 0 Å². The van der Waals surface area contributed by atoms with Gasteiger partial charge < -0.3 is 9.80 Å². The number of hydrogen-bond acceptors (Lipinski definition) is 4. The van der Waals surface area contributed by atoms with Crippen molar-refractivity contribution >= 4 is 17.7 Å². The summed E-state index contributed by atoms with van der Waals surface area (Å²) in [5.74, 6) is -0.173. The normalized spacial score (nSPS) is 14.7. The fourth-order valence-corrected chi connectivity index (χ4v) is 3.72. The molecule has 0 bridgehead atoms. The van der Waals surface area contributed by atoms with Crippen molar-refractivity contribution in [1.29, 1.82) is 0 Å². The molecule has 1 amide bonds. The number of benzene rings is 2. The van der Waals surface area contributed by atoms with Gasteiger partial charge in [0.05, 0.1) is 4.92 Å². The van der Waals surface area contributed by atoms with E-state index in [-0.39, 0.29) is 11.6 Å². The van der Waals surface area contributed by atoms with Crippen molar-refractivity contribution in [2.45, 2.75) is 26.2 Å². The van der Waals surface area contributed by atoms with E-state index in [1.165, 1.54) is 25.3 Å². The SMILES string of the molecule is Cc1ccc(C(=O)N(C/C=C/c2ccccc2)CCN2CCCCC2)cc1[N+](=O)[O-]. The van der Waals surface area contributed by atoms with Crippen molar-refractivity contribution in [3.63, 3.8) is 0 Å². The lowest BCUT2D eigenvalue weighted by atomic mass is 10.1. The second-order valence-electron chi connectivity index (χ2n) is 7.72. The van der Waals surface area contributed by atoms with Gasteiger partial charge in [-0.1, -0.05) is 55.0 Å². The number of likely N-dealkylation sites (tertiary alicyclic amines) is 1. The van der Waals surface area contributed by atoms with Crippen molar-refractivity contribution in [1.82, 2.24) is 9.80 Å². The maximum absolute atomic E-state index is 13.2. The highest BCUT2D eigenvalue weighted by molar-refractivity contribution is 5.95. The lowest BCUT2D eigenvalue weighted by Crippen LogP contribution is -2.40. The number of nitrogens with zero attached hydrogens (tertiary/aromatic N) is 3. The van der Waals surface area contributed by atoms with Gasteiger partial charge in [0.1, 0.15) is 0 Å². The van der Waals surface area contributed by atoms with Gasteiger partial charge in [-0.3, -0.25) is 14.9 Å². The summed E-state index contributed by atoms with van der Waals surface area (Å²) in [6, 6.07) is 14.7. The van der Waals surface area contributed by atoms with E-state index in [2.05, 4.69) is 4.90 Å². The maximum Gasteiger partial charge on any atom is 0.273 e. The van der Waals surface area contributed by atoms with Crippen LogP contribution in [0, 0.1) is 17.0 Å². The molecule has 0 aromatic heterocycles. The number of nitro benzene ring substituents is 1. The zero-order chi connectivity index (χ0) is 21.3. The number of carbonyl (C=O) groups is 1. The molecule has 1 heterocycles. The Morgan fingerprint density at radius 3 is 2.57 bits per heavy atom. The first kappa shape index (κ1) is 21.7. The molecule has 0 radical (unpaired) electrons. The fraction of sp³-hybridized carbons (Fsp3) is 0.375. The fourth-order valence-electron chi connectivity index (χ4n) is 3.72. The molecular weight excluding hydrogens is 378 g/mol. The first-order valence-corrected chi connectivity index (χ1v) is 10.5. The lowest BCUT2D eigenvalue weighted by Gasteiger charge is -2.29. The number of nitro groups is 1. The van der Waals surface area contributed by atoms with Gasteiger partial charge in [-0.25, -0.2) is 0 Å². The Hall–Kier alpha value is -2.99. The molecule has 0 N–H and O–H groups in total. The molecule has 2 aromatic rings. The Balaban J connectivity index is 1.74. The minimum absolute atomic E-state index is 0.0170. The van der Waals surface area contributed by atoms with Crippen LogP contribution in [0.1, 0.15) is 40.7 Å². The van der Waals surface area contributed by atoms with Crippen LogP contribution in [0.4, 0.5) is 5.69 Å². The predicted molar refractivity (Wildman–Crippen MR) is 120 cm³/mol. The van der Waals surface area contributed by atoms with Crippen LogP contribution in [-0.2, 0) is 0 Å². The highest BCUT2D eigenvalue weighted by Crippen LogP contribution is 2.20. The predicted octanol–water partition coefficient (Wildman–Crippen LogP) is 4.54. The number of carbonyl (C=O) groups excluding carboxylic acids is 1. The second-order valence-corrected chi connectivity index (χ2v) is 7.72. The largest absolute Gasteiger partial charge is 0.334 e. The average Bonchev–Trinajstić information content (AvgIpc) is 2.77. The summed E-state index contributed by atoms with van der Waals surface area (Å²) in [4.78, 5) is 28.2. The van der Waals surface area contributed by atoms with Crippen molar-refractivity contribution in [3.05, 3.63) is 81.4 Å². The van der Waals surface area contributed by atoms with Crippen molar-refractivity contribution in [2.75, 3.05) is 32.7 Å². The van der Waals surface area contributed by atoms with Crippen LogP contribution in [0.15, 0.2) is 54.6 Å². The third-order valence-corrected chi connectivity index (χ3v) is 5.51. The van der Waals surface area contributed by atoms with E-state index in [0.717, 1.165) is 25.2 Å². The van der Waals surface area contributed by atoms with Crippen LogP contribution in [0.5, 0.6) is 0 Å². The van der Waals surface area contributed by atoms with Gasteiger partial charge in [0.2, 0.25) is 0 Å². The Morgan fingerprint density at radius 1 is 1.13 bits per heavy atom. The molecule has 158 valence electrons. The molecule has 1 fully saturated rings. The zero-order valence-corrected chi connectivity index (χ0v) is 17.5. The molecule has 1 saturated heterocycles. The van der Waals surface area contributed by atoms with Crippen molar-refractivity contribution in [2.24, 2.45) is 0 Å². The van der Waals surface area contributed by atoms with Gasteiger partial charge in [0.15, 0.2) is 0 Å². The number of aryl methyl sites for hydroxylation is 1. The first-order chi connectivity index (χ1) is 14.5. The van der Waals surface area contributed by atoms with Gasteiger partial charge in [0.25, 0.3) is 11.6 Å². The highest BCUT2D eigenvalue weighted by atomic mass is 16.6. The van der Waals surface area contributed by atoms with Gasteiger partial charge in [-0.2, -0.15) is 0 Å². The average molecular weight is 408 g/mol. The Bertz CT molecular complexity index is 890. The lowest BCUT2D eigenvalue weighted by molar-refractivity contribution is -0.385. The van der Waals surface area contributed by atoms with Gasteiger partial charge in [0, 0.05) is 36.8 Å². The molecule has 0 unspecified atom stereocenters. The van der Waals surface area contributed by atoms with Crippen LogP contribution in [0.2, 0.25) is 0 Å². The van der Waals surface area contributed by atoms with E-state index in [1.54, 1.807) is 24.0 Å². The molecule has 0 saturated carbocycles. The summed E-state index contributed by atoms with van der Waals surface area (Å²) in [6.07, 6.45) is 7.65. The number of piperidine rings is 1. The minimum Gasteiger partial charge on any atom is -0.334 e. The van der Waals surface area contributed by atoms with Crippen LogP contribution >= 0.6 is 0 Å². The minimum atomic E-state index is -0.431. The molecule has 6 nitrogen and oxygen atoms in total. The standard InChI is InChI=1S/C24H29N3O3/c1-20-12-13-22(19-23(20)27(29)30)24(28)26(18-17-25-14-6-3-7-15-25)16-8-11-21-9-4-2-5-10-21/h2,4-5,8-13,19H,3,6-7,14-18H2,1H3/b11-8+. The van der Waals surface area contributed by atoms with E-state index in [9.17, 15) is 14.9 Å². The summed E-state index contributed by atoms with van der Waals surface area (Å²) in [6.45, 7) is 5.70. The summed E-state index contributed by atoms with van der Waals surface area (Å²) in [5.41, 5.74) is 1.98. The molecular formula is C24H29N3O3. The number of rotatable bonds is 8. The zero-order valence-electron chi connectivity index (χ0n) is 17.5. The summed E-state index contributed by atoms with van der Waals surface area (Å²) < 4.78 is 0. The Morgan fingerprint density at radius 2 is 1.87 bits per heavy atom. The summed E-state index contributed by atoms with van der Waals surface area (Å²) >= 11 is 0. The molecule has 30 heavy (non-hydrogen) atoms. The van der Waals surface area contributed by atoms with E-state index in [4.69, 9.17) is 0 Å². The van der Waals surface area contributed by atoms with Crippen LogP contribution in [-0.4, -0.2) is 53.4 Å². The first-order valence-electron chi connectivity index (χ1n) is 10.5. The van der Waals surface area contributed by atoms with E-state index in [1.807, 2.05) is 42.5 Å². The molecule has 0 atom stereocenters. The van der Waals surface area contributed by atoms with Crippen LogP contribution in [0.3, 0.4) is 0 Å². The third-order valence-electron chi connectivity index (χ3n) is 5.51. The molecule has 3 rings (SSSR count). The topological polar surface area (TPSA) is 66.7 Å². The molecule has 1 aliphatic rings. The molecule has 0 aliphatic carbocycles. The van der Waals surface area contributed by atoms with Crippen LogP contribution < -0.4 is 0 Å². The van der Waals surface area contributed by atoms with E-state index < -0.39 is 4.92 Å². The van der Waals surface area contributed by atoms with E-state index in [0.29, 0.717) is 24.2 Å². The molecule has 2 aromatic carbocycles. The van der Waals surface area contributed by atoms with Gasteiger partial charge in [-0.15, -0.1) is 0 Å². The quantitative estimate of drug-likeness (QED) is 0.476. The third kappa shape index (κ3) is 6.00. The van der Waals surface area contributed by atoms with Gasteiger partial charge in [-0.05, 0) is 44.5 Å². The van der Waals surface area contributed by atoms with Gasteiger partial charge >= 0.3 is 0 Å².